The third-order valence-corrected chi connectivity index (χ3v) is 27.1. The molecular formula is C84H152O8. The summed E-state index contributed by atoms with van der Waals surface area (Å²) in [6, 6.07) is 0. The summed E-state index contributed by atoms with van der Waals surface area (Å²) in [6.07, 6.45) is 60.5. The van der Waals surface area contributed by atoms with Crippen molar-refractivity contribution in [1.82, 2.24) is 0 Å². The van der Waals surface area contributed by atoms with Gasteiger partial charge in [0.25, 0.3) is 0 Å². The highest BCUT2D eigenvalue weighted by Crippen LogP contribution is 2.50. The number of hydrogen-bond acceptors (Lipinski definition) is 8. The van der Waals surface area contributed by atoms with Gasteiger partial charge in [0, 0.05) is 25.7 Å². The Balaban J connectivity index is 0.000000334. The van der Waals surface area contributed by atoms with E-state index in [0.29, 0.717) is 49.4 Å². The molecule has 21 atom stereocenters. The summed E-state index contributed by atoms with van der Waals surface area (Å²) in [7, 11) is 6.04. The summed E-state index contributed by atoms with van der Waals surface area (Å²) < 4.78 is 19.5. The Labute approximate surface area is 569 Å². The summed E-state index contributed by atoms with van der Waals surface area (Å²) in [6.45, 7) is 22.0. The Hall–Kier alpha value is -2.12. The van der Waals surface area contributed by atoms with E-state index in [0.717, 1.165) is 113 Å². The summed E-state index contributed by atoms with van der Waals surface area (Å²) in [4.78, 5) is 46.4. The Morgan fingerprint density at radius 3 is 1.05 bits per heavy atom. The highest BCUT2D eigenvalue weighted by molar-refractivity contribution is 5.70. The SMILES string of the molecule is CCC(CCCC(C)[C@H]1CCC(CCC[C@@H](C)CC(=O)OC)C1)CCC(C)CCC[C@H](C)C1CCC(CCC[C@@H](C)CC(=O)OC)C1.COC(=O)CC1CCC([C@H]2CCC([C@H](C)CCC[C@H](C)CCCCCC[C@@H](C)C3CCC([C@H]4CCC(CC(=O)OC)C4)C3)C2)C1. The third kappa shape index (κ3) is 31.2. The third-order valence-electron chi connectivity index (χ3n) is 27.1. The molecule has 536 valence electrons. The minimum absolute atomic E-state index is 0.0137. The average Bonchev–Trinajstić information content (AvgIpc) is 1.85. The van der Waals surface area contributed by atoms with Crippen LogP contribution in [0.2, 0.25) is 0 Å². The number of ether oxygens (including phenoxy) is 4. The summed E-state index contributed by atoms with van der Waals surface area (Å²) >= 11 is 0. The molecule has 6 aliphatic carbocycles. The molecule has 12 unspecified atom stereocenters. The summed E-state index contributed by atoms with van der Waals surface area (Å²) in [5, 5.41) is 0. The van der Waals surface area contributed by atoms with Crippen LogP contribution in [0.5, 0.6) is 0 Å². The Morgan fingerprint density at radius 1 is 0.304 bits per heavy atom. The number of esters is 4. The summed E-state index contributed by atoms with van der Waals surface area (Å²) in [5.41, 5.74) is 0. The van der Waals surface area contributed by atoms with Crippen LogP contribution >= 0.6 is 0 Å². The molecule has 8 heteroatoms. The molecule has 0 radical (unpaired) electrons. The predicted octanol–water partition coefficient (Wildman–Crippen LogP) is 23.8. The largest absolute Gasteiger partial charge is 0.469 e. The Bertz CT molecular complexity index is 1970. The van der Waals surface area contributed by atoms with Gasteiger partial charge in [0.1, 0.15) is 0 Å². The van der Waals surface area contributed by atoms with E-state index < -0.39 is 0 Å². The van der Waals surface area contributed by atoms with Crippen molar-refractivity contribution in [3.8, 4) is 0 Å². The van der Waals surface area contributed by atoms with Crippen LogP contribution in [0.25, 0.3) is 0 Å². The molecule has 6 saturated carbocycles. The van der Waals surface area contributed by atoms with Gasteiger partial charge >= 0.3 is 23.9 Å². The molecule has 0 N–H and O–H groups in total. The lowest BCUT2D eigenvalue weighted by molar-refractivity contribution is -0.142. The van der Waals surface area contributed by atoms with Crippen LogP contribution in [-0.4, -0.2) is 52.3 Å². The zero-order valence-electron chi connectivity index (χ0n) is 62.9. The Kier molecular flexibility index (Phi) is 39.8. The molecule has 0 aromatic heterocycles. The zero-order chi connectivity index (χ0) is 66.8. The molecule has 0 aromatic rings. The number of rotatable bonds is 45. The van der Waals surface area contributed by atoms with Crippen molar-refractivity contribution in [2.24, 2.45) is 124 Å². The van der Waals surface area contributed by atoms with E-state index in [4.69, 9.17) is 18.9 Å². The molecule has 6 rings (SSSR count). The van der Waals surface area contributed by atoms with Gasteiger partial charge in [0.05, 0.1) is 28.4 Å². The maximum absolute atomic E-state index is 11.7. The van der Waals surface area contributed by atoms with Gasteiger partial charge in [-0.15, -0.1) is 0 Å². The molecule has 0 amide bonds. The first-order valence-electron chi connectivity index (χ1n) is 40.6. The maximum Gasteiger partial charge on any atom is 0.305 e. The first-order valence-corrected chi connectivity index (χ1v) is 40.6. The first kappa shape index (κ1) is 80.6. The highest BCUT2D eigenvalue weighted by atomic mass is 16.5. The van der Waals surface area contributed by atoms with E-state index in [9.17, 15) is 19.2 Å². The lowest BCUT2D eigenvalue weighted by atomic mass is 9.83. The van der Waals surface area contributed by atoms with Crippen LogP contribution in [0.1, 0.15) is 358 Å². The molecule has 0 aliphatic heterocycles. The van der Waals surface area contributed by atoms with Crippen molar-refractivity contribution in [3.63, 3.8) is 0 Å². The number of methoxy groups -OCH3 is 4. The van der Waals surface area contributed by atoms with Crippen molar-refractivity contribution < 1.29 is 38.1 Å². The van der Waals surface area contributed by atoms with Gasteiger partial charge < -0.3 is 18.9 Å². The minimum Gasteiger partial charge on any atom is -0.469 e. The van der Waals surface area contributed by atoms with Crippen LogP contribution in [-0.2, 0) is 38.1 Å². The lowest BCUT2D eigenvalue weighted by Gasteiger charge is -2.23. The minimum atomic E-state index is -0.0610. The smallest absolute Gasteiger partial charge is 0.305 e. The number of carbonyl (C=O) groups excluding carboxylic acids is 4. The van der Waals surface area contributed by atoms with E-state index in [1.54, 1.807) is 0 Å². The van der Waals surface area contributed by atoms with Crippen molar-refractivity contribution in [3.05, 3.63) is 0 Å². The molecule has 0 spiro atoms. The second-order valence-corrected chi connectivity index (χ2v) is 34.4. The zero-order valence-corrected chi connectivity index (χ0v) is 62.9. The van der Waals surface area contributed by atoms with Crippen molar-refractivity contribution >= 4 is 23.9 Å². The van der Waals surface area contributed by atoms with Crippen molar-refractivity contribution in [2.75, 3.05) is 28.4 Å². The molecule has 0 aromatic carbocycles. The molecule has 8 nitrogen and oxygen atoms in total. The average molecular weight is 1290 g/mol. The second kappa shape index (κ2) is 45.5. The van der Waals surface area contributed by atoms with Gasteiger partial charge in [-0.3, -0.25) is 19.2 Å². The number of hydrogen-bond donors (Lipinski definition) is 0. The topological polar surface area (TPSA) is 105 Å². The van der Waals surface area contributed by atoms with Crippen LogP contribution < -0.4 is 0 Å². The monoisotopic (exact) mass is 1290 g/mol. The molecule has 6 aliphatic rings. The summed E-state index contributed by atoms with van der Waals surface area (Å²) in [5.74, 6) is 17.3. The molecule has 0 saturated heterocycles. The number of carbonyl (C=O) groups is 4. The van der Waals surface area contributed by atoms with Crippen molar-refractivity contribution in [2.45, 2.75) is 358 Å². The van der Waals surface area contributed by atoms with E-state index in [2.05, 4.69) is 62.3 Å². The second-order valence-electron chi connectivity index (χ2n) is 34.4. The van der Waals surface area contributed by atoms with Gasteiger partial charge in [-0.25, -0.2) is 0 Å². The standard InChI is InChI=1S/C43H80O4.C41H72O4/c1-9-37(19-13-18-36(6)41-27-25-39(31-41)21-12-16-34(4)29-43(45)47-8)23-22-32(2)14-10-17-35(5)40-26-24-38(30-40)20-11-15-33(3)28-42(44)46-7;1-29(12-10-14-31(3)35-20-22-39(28-35)37-18-16-33(24-37)26-41(43)45-5)11-8-6-7-9-13-30(2)34-19-21-38(27-34)36-17-15-32(23-36)25-40(42)44-4/h32-41H,9-31H2,1-8H3;29-39H,6-28H2,1-5H3/t32?,33-,34-,35+,36?,37?,38?,39?,40?,41+;29-,30-,31-,32?,33?,34?,35?,36+,37?,38?,39+/m11/s1. The normalized spacial score (nSPS) is 29.4. The highest BCUT2D eigenvalue weighted by Gasteiger charge is 2.40. The van der Waals surface area contributed by atoms with E-state index in [1.165, 1.54) is 285 Å². The maximum atomic E-state index is 11.7. The molecule has 0 heterocycles. The molecule has 6 fully saturated rings. The van der Waals surface area contributed by atoms with Gasteiger partial charge in [-0.2, -0.15) is 0 Å². The van der Waals surface area contributed by atoms with Gasteiger partial charge in [-0.05, 0) is 227 Å². The van der Waals surface area contributed by atoms with Gasteiger partial charge in [-0.1, -0.05) is 229 Å². The molecule has 0 bridgehead atoms. The fourth-order valence-electron chi connectivity index (χ4n) is 20.2. The molecule has 92 heavy (non-hydrogen) atoms. The molecular weight excluding hydrogens is 1140 g/mol. The quantitative estimate of drug-likeness (QED) is 0.0337. The Morgan fingerprint density at radius 2 is 0.630 bits per heavy atom. The van der Waals surface area contributed by atoms with E-state index in [-0.39, 0.29) is 23.9 Å². The van der Waals surface area contributed by atoms with Crippen LogP contribution in [0, 0.1) is 124 Å². The van der Waals surface area contributed by atoms with Crippen LogP contribution in [0.3, 0.4) is 0 Å². The fourth-order valence-corrected chi connectivity index (χ4v) is 20.2. The fraction of sp³-hybridized carbons (Fsp3) is 0.952. The van der Waals surface area contributed by atoms with Crippen LogP contribution in [0.4, 0.5) is 0 Å². The van der Waals surface area contributed by atoms with Gasteiger partial charge in [0.2, 0.25) is 0 Å². The van der Waals surface area contributed by atoms with E-state index in [1.807, 2.05) is 0 Å². The predicted molar refractivity (Wildman–Crippen MR) is 385 cm³/mol. The van der Waals surface area contributed by atoms with Gasteiger partial charge in [0.15, 0.2) is 0 Å². The number of unbranched alkanes of at least 4 members (excludes halogenated alkanes) is 3. The van der Waals surface area contributed by atoms with Crippen LogP contribution in [0.15, 0.2) is 0 Å². The first-order chi connectivity index (χ1) is 44.3. The van der Waals surface area contributed by atoms with Crippen molar-refractivity contribution in [1.29, 1.82) is 0 Å². The lowest BCUT2D eigenvalue weighted by Crippen LogP contribution is -2.13. The van der Waals surface area contributed by atoms with E-state index >= 15 is 0 Å².